The van der Waals surface area contributed by atoms with Gasteiger partial charge in [0.25, 0.3) is 0 Å². The van der Waals surface area contributed by atoms with E-state index >= 15 is 0 Å². The standard InChI is InChI=1S/C34H57N3O5/c1-8-11-12-23-39-24-13-16-30(38)35-33(4,5)21-26-41-34(6,7)22-25-40-29-19-17-28(18-20-29)32-37-36-31(42-32)27(14-9-2)15-10-3/h17-20,27H,8-16,21-26H2,1-7H3,(H,35,38). The Morgan fingerprint density at radius 1 is 0.857 bits per heavy atom. The first kappa shape index (κ1) is 35.7. The van der Waals surface area contributed by atoms with Gasteiger partial charge in [0.05, 0.1) is 12.2 Å². The van der Waals surface area contributed by atoms with Crippen molar-refractivity contribution in [2.75, 3.05) is 26.4 Å². The van der Waals surface area contributed by atoms with Crippen LogP contribution < -0.4 is 10.1 Å². The van der Waals surface area contributed by atoms with Crippen molar-refractivity contribution in [3.05, 3.63) is 30.2 Å². The highest BCUT2D eigenvalue weighted by molar-refractivity contribution is 5.76. The highest BCUT2D eigenvalue weighted by Gasteiger charge is 2.24. The molecule has 8 nitrogen and oxygen atoms in total. The smallest absolute Gasteiger partial charge is 0.247 e. The number of hydrogen-bond acceptors (Lipinski definition) is 7. The van der Waals surface area contributed by atoms with Gasteiger partial charge in [0.2, 0.25) is 17.7 Å². The minimum absolute atomic E-state index is 0.0625. The molecule has 1 heterocycles. The second-order valence-corrected chi connectivity index (χ2v) is 12.6. The zero-order valence-corrected chi connectivity index (χ0v) is 27.4. The number of benzene rings is 1. The summed E-state index contributed by atoms with van der Waals surface area (Å²) in [6, 6.07) is 7.79. The predicted molar refractivity (Wildman–Crippen MR) is 169 cm³/mol. The number of carbonyl (C=O) groups excluding carboxylic acids is 1. The zero-order chi connectivity index (χ0) is 30.8. The molecular formula is C34H57N3O5. The molecule has 0 atom stereocenters. The fraction of sp³-hybridized carbons (Fsp3) is 0.735. The van der Waals surface area contributed by atoms with Crippen LogP contribution in [0.15, 0.2) is 28.7 Å². The molecule has 8 heteroatoms. The molecule has 0 spiro atoms. The van der Waals surface area contributed by atoms with Gasteiger partial charge in [-0.2, -0.15) is 0 Å². The summed E-state index contributed by atoms with van der Waals surface area (Å²) in [4.78, 5) is 12.4. The van der Waals surface area contributed by atoms with Gasteiger partial charge in [-0.15, -0.1) is 10.2 Å². The molecule has 42 heavy (non-hydrogen) atoms. The summed E-state index contributed by atoms with van der Waals surface area (Å²) in [6.45, 7) is 17.3. The average molecular weight is 588 g/mol. The van der Waals surface area contributed by atoms with Gasteiger partial charge in [0.15, 0.2) is 0 Å². The molecule has 0 aliphatic carbocycles. The van der Waals surface area contributed by atoms with E-state index < -0.39 is 0 Å². The van der Waals surface area contributed by atoms with E-state index in [1.807, 2.05) is 38.1 Å². The third kappa shape index (κ3) is 14.1. The van der Waals surface area contributed by atoms with Crippen molar-refractivity contribution >= 4 is 5.91 Å². The lowest BCUT2D eigenvalue weighted by molar-refractivity contribution is -0.123. The molecule has 1 aromatic carbocycles. The first-order valence-electron chi connectivity index (χ1n) is 16.2. The van der Waals surface area contributed by atoms with Crippen molar-refractivity contribution in [1.82, 2.24) is 15.5 Å². The normalized spacial score (nSPS) is 12.2. The van der Waals surface area contributed by atoms with E-state index in [9.17, 15) is 4.79 Å². The van der Waals surface area contributed by atoms with Crippen LogP contribution >= 0.6 is 0 Å². The van der Waals surface area contributed by atoms with Gasteiger partial charge < -0.3 is 23.9 Å². The monoisotopic (exact) mass is 587 g/mol. The third-order valence-electron chi connectivity index (χ3n) is 7.42. The van der Waals surface area contributed by atoms with Crippen LogP contribution in [0.4, 0.5) is 0 Å². The molecule has 1 amide bonds. The number of amides is 1. The number of ether oxygens (including phenoxy) is 3. The van der Waals surface area contributed by atoms with Crippen LogP contribution in [0, 0.1) is 0 Å². The van der Waals surface area contributed by atoms with Crippen LogP contribution in [0.1, 0.15) is 131 Å². The Morgan fingerprint density at radius 2 is 1.55 bits per heavy atom. The number of nitrogens with one attached hydrogen (secondary N) is 1. The van der Waals surface area contributed by atoms with Crippen LogP contribution in [0.2, 0.25) is 0 Å². The maximum absolute atomic E-state index is 12.4. The highest BCUT2D eigenvalue weighted by atomic mass is 16.5. The van der Waals surface area contributed by atoms with E-state index in [1.165, 1.54) is 12.8 Å². The fourth-order valence-corrected chi connectivity index (χ4v) is 4.76. The first-order chi connectivity index (χ1) is 20.1. The summed E-state index contributed by atoms with van der Waals surface area (Å²) in [5.41, 5.74) is 0.212. The summed E-state index contributed by atoms with van der Waals surface area (Å²) in [5, 5.41) is 11.7. The second kappa shape index (κ2) is 19.0. The lowest BCUT2D eigenvalue weighted by atomic mass is 9.98. The number of nitrogens with zero attached hydrogens (tertiary/aromatic N) is 2. The molecule has 0 bridgehead atoms. The maximum atomic E-state index is 12.4. The number of hydrogen-bond donors (Lipinski definition) is 1. The van der Waals surface area contributed by atoms with Crippen LogP contribution in [0.25, 0.3) is 11.5 Å². The average Bonchev–Trinajstić information content (AvgIpc) is 3.42. The second-order valence-electron chi connectivity index (χ2n) is 12.6. The largest absolute Gasteiger partial charge is 0.493 e. The molecular weight excluding hydrogens is 530 g/mol. The summed E-state index contributed by atoms with van der Waals surface area (Å²) in [5.74, 6) is 2.47. The minimum Gasteiger partial charge on any atom is -0.493 e. The van der Waals surface area contributed by atoms with Crippen molar-refractivity contribution in [1.29, 1.82) is 0 Å². The fourth-order valence-electron chi connectivity index (χ4n) is 4.76. The maximum Gasteiger partial charge on any atom is 0.247 e. The third-order valence-corrected chi connectivity index (χ3v) is 7.42. The van der Waals surface area contributed by atoms with Gasteiger partial charge in [-0.3, -0.25) is 4.79 Å². The van der Waals surface area contributed by atoms with E-state index in [2.05, 4.69) is 50.1 Å². The summed E-state index contributed by atoms with van der Waals surface area (Å²) >= 11 is 0. The molecule has 0 radical (unpaired) electrons. The van der Waals surface area contributed by atoms with E-state index in [0.29, 0.717) is 38.1 Å². The van der Waals surface area contributed by atoms with Gasteiger partial charge in [-0.25, -0.2) is 0 Å². The van der Waals surface area contributed by atoms with Crippen molar-refractivity contribution in [3.8, 4) is 17.2 Å². The molecule has 2 aromatic rings. The van der Waals surface area contributed by atoms with Crippen LogP contribution in [-0.4, -0.2) is 53.7 Å². The van der Waals surface area contributed by atoms with E-state index in [-0.39, 0.29) is 17.0 Å². The van der Waals surface area contributed by atoms with E-state index in [1.54, 1.807) is 0 Å². The Hall–Kier alpha value is -2.45. The Kier molecular flexibility index (Phi) is 16.1. The first-order valence-corrected chi connectivity index (χ1v) is 16.2. The quantitative estimate of drug-likeness (QED) is 0.131. The Balaban J connectivity index is 1.68. The molecule has 0 unspecified atom stereocenters. The van der Waals surface area contributed by atoms with Crippen molar-refractivity contribution < 1.29 is 23.4 Å². The zero-order valence-electron chi connectivity index (χ0n) is 27.4. The Bertz CT molecular complexity index is 997. The molecule has 2 rings (SSSR count). The van der Waals surface area contributed by atoms with Gasteiger partial charge in [-0.05, 0) is 84.1 Å². The van der Waals surface area contributed by atoms with Crippen molar-refractivity contribution in [2.45, 2.75) is 136 Å². The van der Waals surface area contributed by atoms with Gasteiger partial charge >= 0.3 is 0 Å². The lowest BCUT2D eigenvalue weighted by Crippen LogP contribution is -2.44. The molecule has 1 N–H and O–H groups in total. The molecule has 0 saturated heterocycles. The van der Waals surface area contributed by atoms with Gasteiger partial charge in [-0.1, -0.05) is 46.5 Å². The van der Waals surface area contributed by atoms with Crippen LogP contribution in [-0.2, 0) is 14.3 Å². The van der Waals surface area contributed by atoms with Crippen molar-refractivity contribution in [3.63, 3.8) is 0 Å². The molecule has 1 aromatic heterocycles. The van der Waals surface area contributed by atoms with Crippen LogP contribution in [0.3, 0.4) is 0 Å². The topological polar surface area (TPSA) is 95.7 Å². The number of aromatic nitrogens is 2. The van der Waals surface area contributed by atoms with Gasteiger partial charge in [0, 0.05) is 49.7 Å². The Morgan fingerprint density at radius 3 is 2.21 bits per heavy atom. The number of carbonyl (C=O) groups is 1. The number of unbranched alkanes of at least 4 members (excludes halogenated alkanes) is 2. The highest BCUT2D eigenvalue weighted by Crippen LogP contribution is 2.29. The molecule has 0 saturated carbocycles. The lowest BCUT2D eigenvalue weighted by Gasteiger charge is -2.30. The summed E-state index contributed by atoms with van der Waals surface area (Å²) < 4.78 is 23.8. The molecule has 0 aliphatic rings. The van der Waals surface area contributed by atoms with E-state index in [0.717, 1.165) is 75.2 Å². The molecule has 0 aliphatic heterocycles. The van der Waals surface area contributed by atoms with Gasteiger partial charge in [0.1, 0.15) is 5.75 Å². The molecule has 0 fully saturated rings. The predicted octanol–water partition coefficient (Wildman–Crippen LogP) is 8.26. The van der Waals surface area contributed by atoms with E-state index in [4.69, 9.17) is 18.6 Å². The molecule has 238 valence electrons. The Labute approximate surface area is 254 Å². The minimum atomic E-state index is -0.344. The van der Waals surface area contributed by atoms with Crippen molar-refractivity contribution in [2.24, 2.45) is 0 Å². The summed E-state index contributed by atoms with van der Waals surface area (Å²) in [7, 11) is 0. The SMILES string of the molecule is CCCCCOCCCC(=O)NC(C)(C)CCOC(C)(C)CCOc1ccc(-c2nnc(C(CCC)CCC)o2)cc1. The summed E-state index contributed by atoms with van der Waals surface area (Å²) in [6.07, 6.45) is 10.5. The number of rotatable bonds is 23. The van der Waals surface area contributed by atoms with Crippen LogP contribution in [0.5, 0.6) is 5.75 Å².